The molecule has 9 N–H and O–H groups in total. The van der Waals surface area contributed by atoms with Gasteiger partial charge in [0.1, 0.15) is 30.2 Å². The lowest BCUT2D eigenvalue weighted by atomic mass is 9.99. The van der Waals surface area contributed by atoms with Crippen LogP contribution in [0.1, 0.15) is 77.6 Å². The maximum atomic E-state index is 10.3. The van der Waals surface area contributed by atoms with Crippen LogP contribution in [0.2, 0.25) is 0 Å². The number of aliphatic carboxylic acids is 1. The van der Waals surface area contributed by atoms with E-state index >= 15 is 0 Å². The maximum Gasteiger partial charge on any atom is 0.303 e. The number of aliphatic hydroxyl groups is 7. The Balaban J connectivity index is 0.000000441. The first-order valence-electron chi connectivity index (χ1n) is 15.2. The second-order valence-corrected chi connectivity index (χ2v) is 10.9. The number of aliphatic hydroxyl groups excluding tert-OH is 7. The van der Waals surface area contributed by atoms with Crippen LogP contribution in [0.5, 0.6) is 17.2 Å². The van der Waals surface area contributed by atoms with Crippen molar-refractivity contribution in [2.45, 2.75) is 127 Å². The lowest BCUT2D eigenvalue weighted by Crippen LogP contribution is -2.60. The summed E-state index contributed by atoms with van der Waals surface area (Å²) in [5.41, 5.74) is 0. The lowest BCUT2D eigenvalue weighted by molar-refractivity contribution is -0.277. The van der Waals surface area contributed by atoms with Crippen molar-refractivity contribution in [2.24, 2.45) is 0 Å². The predicted molar refractivity (Wildman–Crippen MR) is 160 cm³/mol. The topological polar surface area (TPSA) is 227 Å². The molecular weight excluding hydrogens is 580 g/mol. The molecule has 1 heterocycles. The van der Waals surface area contributed by atoms with Gasteiger partial charge in [-0.15, -0.1) is 0 Å². The van der Waals surface area contributed by atoms with Gasteiger partial charge in [0.15, 0.2) is 11.5 Å². The molecule has 0 bridgehead atoms. The van der Waals surface area contributed by atoms with Crippen molar-refractivity contribution in [1.29, 1.82) is 0 Å². The van der Waals surface area contributed by atoms with E-state index in [2.05, 4.69) is 6.92 Å². The summed E-state index contributed by atoms with van der Waals surface area (Å²) in [6, 6.07) is 4.12. The smallest absolute Gasteiger partial charge is 0.303 e. The van der Waals surface area contributed by atoms with Crippen LogP contribution in [-0.2, 0) is 9.53 Å². The van der Waals surface area contributed by atoms with Crippen molar-refractivity contribution < 1.29 is 65.0 Å². The van der Waals surface area contributed by atoms with Gasteiger partial charge in [0.2, 0.25) is 6.29 Å². The zero-order chi connectivity index (χ0) is 33.1. The van der Waals surface area contributed by atoms with Crippen molar-refractivity contribution in [1.82, 2.24) is 0 Å². The van der Waals surface area contributed by atoms with Crippen LogP contribution in [0.4, 0.5) is 0 Å². The van der Waals surface area contributed by atoms with E-state index in [1.165, 1.54) is 31.4 Å². The van der Waals surface area contributed by atoms with Gasteiger partial charge in [0.05, 0.1) is 32.0 Å². The molecule has 0 radical (unpaired) electrons. The first-order chi connectivity index (χ1) is 20.9. The number of unbranched alkanes of at least 4 members (excludes halogenated alkanes) is 6. The molecule has 0 aromatic heterocycles. The number of methoxy groups -OCH3 is 1. The quantitative estimate of drug-likeness (QED) is 0.0781. The number of hydrogen-bond donors (Lipinski definition) is 9. The molecule has 5 unspecified atom stereocenters. The monoisotopic (exact) mass is 632 g/mol. The van der Waals surface area contributed by atoms with E-state index in [-0.39, 0.29) is 23.7 Å². The largest absolute Gasteiger partial charge is 0.504 e. The fourth-order valence-electron chi connectivity index (χ4n) is 4.43. The third-order valence-corrected chi connectivity index (χ3v) is 7.17. The zero-order valence-corrected chi connectivity index (χ0v) is 25.6. The molecule has 8 atom stereocenters. The third kappa shape index (κ3) is 15.0. The highest BCUT2D eigenvalue weighted by atomic mass is 16.7. The highest BCUT2D eigenvalue weighted by Crippen LogP contribution is 2.32. The van der Waals surface area contributed by atoms with Gasteiger partial charge in [-0.3, -0.25) is 4.79 Å². The average molecular weight is 633 g/mol. The van der Waals surface area contributed by atoms with E-state index in [9.17, 15) is 40.5 Å². The van der Waals surface area contributed by atoms with E-state index in [0.29, 0.717) is 19.3 Å². The molecule has 1 saturated heterocycles. The SMILES string of the molecule is CCCCCC(O)C(O)/C=C/C(O)CCCCCCCC(=O)O.COc1cc(OC2OC(CO)[C@@H](O)[C@H](O)[C@@H]2O)ccc1O. The van der Waals surface area contributed by atoms with E-state index in [1.807, 2.05) is 0 Å². The van der Waals surface area contributed by atoms with E-state index < -0.39 is 61.6 Å². The summed E-state index contributed by atoms with van der Waals surface area (Å²) in [4.78, 5) is 10.3. The molecule has 0 amide bonds. The summed E-state index contributed by atoms with van der Waals surface area (Å²) in [6.07, 6.45) is 2.82. The zero-order valence-electron chi connectivity index (χ0n) is 25.6. The standard InChI is InChI=1S/C18H34O5.C13H18O8/c1-2-3-7-11-16(20)17(21)14-13-15(19)10-8-5-4-6-9-12-18(22)23;1-19-8-4-6(2-3-7(8)15)20-13-12(18)11(17)10(16)9(5-14)21-13/h13-17,19-21H,2-12H2,1H3,(H,22,23);2-4,9-18H,5H2,1H3/b14-13+;/t;9?,10-,11+,12+,13?/m.1/s1. The molecule has 13 heteroatoms. The predicted octanol–water partition coefficient (Wildman–Crippen LogP) is 1.60. The van der Waals surface area contributed by atoms with E-state index in [1.54, 1.807) is 6.08 Å². The fourth-order valence-corrected chi connectivity index (χ4v) is 4.43. The molecule has 44 heavy (non-hydrogen) atoms. The molecule has 13 nitrogen and oxygen atoms in total. The van der Waals surface area contributed by atoms with Crippen LogP contribution in [0.15, 0.2) is 30.4 Å². The number of hydrogen-bond acceptors (Lipinski definition) is 12. The first-order valence-corrected chi connectivity index (χ1v) is 15.2. The van der Waals surface area contributed by atoms with E-state index in [4.69, 9.17) is 24.4 Å². The first kappa shape index (κ1) is 39.5. The van der Waals surface area contributed by atoms with Crippen LogP contribution in [0.3, 0.4) is 0 Å². The van der Waals surface area contributed by atoms with Crippen LogP contribution in [-0.4, -0.2) is 115 Å². The average Bonchev–Trinajstić information content (AvgIpc) is 3.00. The normalized spacial score (nSPS) is 23.8. The van der Waals surface area contributed by atoms with Gasteiger partial charge in [-0.1, -0.05) is 64.0 Å². The minimum absolute atomic E-state index is 0.0846. The van der Waals surface area contributed by atoms with Crippen molar-refractivity contribution >= 4 is 5.97 Å². The second kappa shape index (κ2) is 22.1. The molecule has 0 spiro atoms. The molecule has 1 aromatic carbocycles. The van der Waals surface area contributed by atoms with Crippen molar-refractivity contribution in [2.75, 3.05) is 13.7 Å². The number of ether oxygens (including phenoxy) is 3. The number of carbonyl (C=O) groups is 1. The van der Waals surface area contributed by atoms with Crippen molar-refractivity contribution in [3.05, 3.63) is 30.4 Å². The van der Waals surface area contributed by atoms with Crippen LogP contribution < -0.4 is 9.47 Å². The molecule has 254 valence electrons. The molecule has 0 saturated carbocycles. The molecular formula is C31H52O13. The number of rotatable bonds is 19. The van der Waals surface area contributed by atoms with Gasteiger partial charge in [-0.05, 0) is 31.4 Å². The summed E-state index contributed by atoms with van der Waals surface area (Å²) in [6.45, 7) is 1.55. The summed E-state index contributed by atoms with van der Waals surface area (Å²) in [5.74, 6) is -0.453. The summed E-state index contributed by atoms with van der Waals surface area (Å²) in [5, 5.41) is 85.6. The molecule has 2 rings (SSSR count). The Hall–Kier alpha value is -2.49. The Morgan fingerprint density at radius 1 is 0.932 bits per heavy atom. The molecule has 1 aliphatic rings. The maximum absolute atomic E-state index is 10.3. The van der Waals surface area contributed by atoms with Gasteiger partial charge in [-0.2, -0.15) is 0 Å². The van der Waals surface area contributed by atoms with Gasteiger partial charge >= 0.3 is 5.97 Å². The minimum Gasteiger partial charge on any atom is -0.504 e. The Morgan fingerprint density at radius 2 is 1.59 bits per heavy atom. The number of benzene rings is 1. The Kier molecular flexibility index (Phi) is 19.8. The Labute approximate surface area is 259 Å². The van der Waals surface area contributed by atoms with Gasteiger partial charge in [-0.25, -0.2) is 0 Å². The lowest BCUT2D eigenvalue weighted by Gasteiger charge is -2.39. The van der Waals surface area contributed by atoms with Crippen molar-refractivity contribution in [3.63, 3.8) is 0 Å². The van der Waals surface area contributed by atoms with Gasteiger partial charge in [0.25, 0.3) is 0 Å². The number of aromatic hydroxyl groups is 1. The Bertz CT molecular complexity index is 941. The van der Waals surface area contributed by atoms with Crippen LogP contribution in [0, 0.1) is 0 Å². The van der Waals surface area contributed by atoms with Gasteiger partial charge < -0.3 is 60.2 Å². The molecule has 1 fully saturated rings. The number of carboxylic acid groups (broad SMARTS) is 1. The summed E-state index contributed by atoms with van der Waals surface area (Å²) in [7, 11) is 1.37. The molecule has 1 aromatic rings. The fraction of sp³-hybridized carbons (Fsp3) is 0.710. The Morgan fingerprint density at radius 3 is 2.23 bits per heavy atom. The minimum atomic E-state index is -1.51. The van der Waals surface area contributed by atoms with Crippen LogP contribution in [0.25, 0.3) is 0 Å². The highest BCUT2D eigenvalue weighted by molar-refractivity contribution is 5.66. The molecule has 0 aliphatic carbocycles. The summed E-state index contributed by atoms with van der Waals surface area (Å²) < 4.78 is 15.5. The number of phenols is 1. The van der Waals surface area contributed by atoms with E-state index in [0.717, 1.165) is 44.9 Å². The highest BCUT2D eigenvalue weighted by Gasteiger charge is 2.44. The van der Waals surface area contributed by atoms with Crippen molar-refractivity contribution in [3.8, 4) is 17.2 Å². The molecule has 1 aliphatic heterocycles. The second-order valence-electron chi connectivity index (χ2n) is 10.9. The van der Waals surface area contributed by atoms with Crippen LogP contribution >= 0.6 is 0 Å². The third-order valence-electron chi connectivity index (χ3n) is 7.17. The number of phenolic OH excluding ortho intramolecular Hbond substituents is 1. The van der Waals surface area contributed by atoms with Gasteiger partial charge in [0, 0.05) is 12.5 Å². The number of carboxylic acids is 1. The summed E-state index contributed by atoms with van der Waals surface area (Å²) >= 11 is 0.